The van der Waals surface area contributed by atoms with Crippen molar-refractivity contribution in [2.24, 2.45) is 4.99 Å². The molecule has 0 saturated heterocycles. The zero-order valence-corrected chi connectivity index (χ0v) is 13.4. The predicted octanol–water partition coefficient (Wildman–Crippen LogP) is 3.13. The molecule has 7 nitrogen and oxygen atoms in total. The summed E-state index contributed by atoms with van der Waals surface area (Å²) in [7, 11) is 0. The van der Waals surface area contributed by atoms with Gasteiger partial charge in [0.2, 0.25) is 0 Å². The Hall–Kier alpha value is -3.09. The van der Waals surface area contributed by atoms with E-state index in [1.807, 2.05) is 37.3 Å². The summed E-state index contributed by atoms with van der Waals surface area (Å²) >= 11 is 0. The number of nitrogen functional groups attached to an aromatic ring is 1. The van der Waals surface area contributed by atoms with Crippen LogP contribution in [0.1, 0.15) is 19.4 Å². The number of aliphatic imine (C=N–C) groups is 1. The van der Waals surface area contributed by atoms with E-state index in [4.69, 9.17) is 15.2 Å². The van der Waals surface area contributed by atoms with Crippen molar-refractivity contribution in [1.29, 1.82) is 0 Å². The van der Waals surface area contributed by atoms with Gasteiger partial charge >= 0.3 is 6.09 Å². The Bertz CT molecular complexity index is 790. The molecule has 3 N–H and O–H groups in total. The average Bonchev–Trinajstić information content (AvgIpc) is 2.55. The van der Waals surface area contributed by atoms with Crippen LogP contribution in [0.2, 0.25) is 0 Å². The Balaban J connectivity index is 1.95. The predicted molar refractivity (Wildman–Crippen MR) is 92.0 cm³/mol. The number of benzene rings is 1. The second-order valence-electron chi connectivity index (χ2n) is 5.21. The standard InChI is InChI=1S/C17H18N4O3/c1-3-23-17(22)20-13-9-12-15(16(18)19-13)21-14(10(2)24-12)11-7-5-4-6-8-11/h4-10H,3H2,1-2H3,(H3,18,19,20,22)/t10-/m0/s1. The number of hydrogen-bond donors (Lipinski definition) is 2. The molecule has 3 rings (SSSR count). The molecule has 1 aromatic heterocycles. The molecule has 0 fully saturated rings. The number of anilines is 2. The maximum Gasteiger partial charge on any atom is 0.412 e. The van der Waals surface area contributed by atoms with Crippen LogP contribution in [0.15, 0.2) is 41.4 Å². The summed E-state index contributed by atoms with van der Waals surface area (Å²) in [6, 6.07) is 11.3. The van der Waals surface area contributed by atoms with Gasteiger partial charge in [0.1, 0.15) is 17.6 Å². The minimum atomic E-state index is -0.596. The normalized spacial score (nSPS) is 15.8. The number of nitrogens with zero attached hydrogens (tertiary/aromatic N) is 2. The van der Waals surface area contributed by atoms with E-state index in [0.717, 1.165) is 11.3 Å². The van der Waals surface area contributed by atoms with Crippen LogP contribution < -0.4 is 15.8 Å². The Kier molecular flexibility index (Phi) is 4.33. The highest BCUT2D eigenvalue weighted by atomic mass is 16.5. The lowest BCUT2D eigenvalue weighted by atomic mass is 10.0. The number of nitrogens with two attached hydrogens (primary N) is 1. The number of hydrogen-bond acceptors (Lipinski definition) is 6. The van der Waals surface area contributed by atoms with Crippen LogP contribution in [0.3, 0.4) is 0 Å². The van der Waals surface area contributed by atoms with E-state index in [1.54, 1.807) is 13.0 Å². The van der Waals surface area contributed by atoms with E-state index in [9.17, 15) is 4.79 Å². The summed E-state index contributed by atoms with van der Waals surface area (Å²) in [5.74, 6) is 0.913. The number of carbonyl (C=O) groups excluding carboxylic acids is 1. The summed E-state index contributed by atoms with van der Waals surface area (Å²) in [4.78, 5) is 20.3. The number of rotatable bonds is 3. The van der Waals surface area contributed by atoms with E-state index < -0.39 is 6.09 Å². The van der Waals surface area contributed by atoms with Crippen molar-refractivity contribution >= 4 is 29.1 Å². The molecule has 0 saturated carbocycles. The molecule has 124 valence electrons. The Morgan fingerprint density at radius 2 is 2.12 bits per heavy atom. The summed E-state index contributed by atoms with van der Waals surface area (Å²) in [6.07, 6.45) is -0.848. The number of ether oxygens (including phenoxy) is 2. The van der Waals surface area contributed by atoms with Crippen molar-refractivity contribution in [2.45, 2.75) is 20.0 Å². The van der Waals surface area contributed by atoms with E-state index in [0.29, 0.717) is 11.4 Å². The first-order chi connectivity index (χ1) is 11.6. The van der Waals surface area contributed by atoms with Crippen molar-refractivity contribution in [1.82, 2.24) is 4.98 Å². The molecule has 1 amide bonds. The topological polar surface area (TPSA) is 98.8 Å². The van der Waals surface area contributed by atoms with Crippen molar-refractivity contribution in [3.8, 4) is 5.75 Å². The van der Waals surface area contributed by atoms with Crippen LogP contribution >= 0.6 is 0 Å². The van der Waals surface area contributed by atoms with Crippen molar-refractivity contribution in [3.05, 3.63) is 42.0 Å². The van der Waals surface area contributed by atoms with Gasteiger partial charge in [0, 0.05) is 6.07 Å². The molecule has 0 spiro atoms. The molecule has 7 heteroatoms. The quantitative estimate of drug-likeness (QED) is 0.903. The molecule has 1 aromatic carbocycles. The molecule has 1 atom stereocenters. The lowest BCUT2D eigenvalue weighted by Crippen LogP contribution is -2.28. The maximum atomic E-state index is 11.5. The number of carbonyl (C=O) groups is 1. The summed E-state index contributed by atoms with van der Waals surface area (Å²) in [5, 5.41) is 2.51. The van der Waals surface area contributed by atoms with Gasteiger partial charge in [-0.1, -0.05) is 30.3 Å². The fourth-order valence-corrected chi connectivity index (χ4v) is 2.44. The fourth-order valence-electron chi connectivity index (χ4n) is 2.44. The molecular formula is C17H18N4O3. The minimum Gasteiger partial charge on any atom is -0.482 e. The first-order valence-corrected chi connectivity index (χ1v) is 7.63. The third-order valence-electron chi connectivity index (χ3n) is 3.48. The fraction of sp³-hybridized carbons (Fsp3) is 0.235. The molecule has 0 radical (unpaired) electrons. The van der Waals surface area contributed by atoms with Gasteiger partial charge in [-0.15, -0.1) is 0 Å². The van der Waals surface area contributed by atoms with Crippen molar-refractivity contribution in [2.75, 3.05) is 17.7 Å². The molecule has 1 aliphatic rings. The average molecular weight is 326 g/mol. The Morgan fingerprint density at radius 1 is 1.38 bits per heavy atom. The molecule has 0 aliphatic carbocycles. The Labute approximate surface area is 139 Å². The number of fused-ring (bicyclic) bond motifs is 1. The van der Waals surface area contributed by atoms with Crippen LogP contribution in [-0.4, -0.2) is 29.5 Å². The molecule has 0 bridgehead atoms. The Morgan fingerprint density at radius 3 is 2.83 bits per heavy atom. The van der Waals surface area contributed by atoms with Crippen LogP contribution in [-0.2, 0) is 4.74 Å². The van der Waals surface area contributed by atoms with Crippen LogP contribution in [0.4, 0.5) is 22.1 Å². The van der Waals surface area contributed by atoms with Gasteiger partial charge in [0.25, 0.3) is 0 Å². The highest BCUT2D eigenvalue weighted by Crippen LogP contribution is 2.39. The zero-order chi connectivity index (χ0) is 17.1. The molecule has 24 heavy (non-hydrogen) atoms. The third-order valence-corrected chi connectivity index (χ3v) is 3.48. The summed E-state index contributed by atoms with van der Waals surface area (Å²) in [5.41, 5.74) is 8.19. The van der Waals surface area contributed by atoms with Gasteiger partial charge in [-0.3, -0.25) is 5.32 Å². The van der Waals surface area contributed by atoms with Crippen molar-refractivity contribution < 1.29 is 14.3 Å². The van der Waals surface area contributed by atoms with Gasteiger partial charge in [0.05, 0.1) is 12.3 Å². The maximum absolute atomic E-state index is 11.5. The third kappa shape index (κ3) is 3.15. The second-order valence-corrected chi connectivity index (χ2v) is 5.21. The number of aromatic nitrogens is 1. The van der Waals surface area contributed by atoms with Gasteiger partial charge in [-0.25, -0.2) is 14.8 Å². The van der Waals surface area contributed by atoms with E-state index in [1.165, 1.54) is 0 Å². The van der Waals surface area contributed by atoms with Gasteiger partial charge < -0.3 is 15.2 Å². The van der Waals surface area contributed by atoms with Crippen LogP contribution in [0, 0.1) is 0 Å². The first-order valence-electron chi connectivity index (χ1n) is 7.63. The van der Waals surface area contributed by atoms with E-state index in [-0.39, 0.29) is 24.3 Å². The number of amides is 1. The molecule has 0 unspecified atom stereocenters. The largest absolute Gasteiger partial charge is 0.482 e. The first kappa shape index (κ1) is 15.8. The van der Waals surface area contributed by atoms with Crippen LogP contribution in [0.5, 0.6) is 5.75 Å². The van der Waals surface area contributed by atoms with Gasteiger partial charge in [0.15, 0.2) is 11.6 Å². The number of pyridine rings is 1. The summed E-state index contributed by atoms with van der Waals surface area (Å²) < 4.78 is 10.7. The lowest BCUT2D eigenvalue weighted by molar-refractivity contribution is 0.168. The van der Waals surface area contributed by atoms with E-state index >= 15 is 0 Å². The van der Waals surface area contributed by atoms with Crippen molar-refractivity contribution in [3.63, 3.8) is 0 Å². The van der Waals surface area contributed by atoms with Gasteiger partial charge in [-0.05, 0) is 19.4 Å². The molecule has 1 aliphatic heterocycles. The van der Waals surface area contributed by atoms with Crippen LogP contribution in [0.25, 0.3) is 0 Å². The highest BCUT2D eigenvalue weighted by molar-refractivity contribution is 6.07. The van der Waals surface area contributed by atoms with Gasteiger partial charge in [-0.2, -0.15) is 0 Å². The summed E-state index contributed by atoms with van der Waals surface area (Å²) in [6.45, 7) is 3.90. The smallest absolute Gasteiger partial charge is 0.412 e. The SMILES string of the molecule is CCOC(=O)Nc1cc2c(c(N)n1)N=C(c1ccccc1)[C@H](C)O2. The zero-order valence-electron chi connectivity index (χ0n) is 13.4. The minimum absolute atomic E-state index is 0.180. The monoisotopic (exact) mass is 326 g/mol. The van der Waals surface area contributed by atoms with E-state index in [2.05, 4.69) is 15.3 Å². The lowest BCUT2D eigenvalue weighted by Gasteiger charge is -2.24. The molecule has 2 aromatic rings. The highest BCUT2D eigenvalue weighted by Gasteiger charge is 2.25. The molecular weight excluding hydrogens is 308 g/mol. The second kappa shape index (κ2) is 6.57. The molecule has 2 heterocycles. The number of nitrogens with one attached hydrogen (secondary N) is 1.